The van der Waals surface area contributed by atoms with E-state index in [2.05, 4.69) is 15.0 Å². The van der Waals surface area contributed by atoms with Crippen molar-refractivity contribution in [2.24, 2.45) is 0 Å². The van der Waals surface area contributed by atoms with E-state index in [1.807, 2.05) is 25.8 Å². The number of aliphatic hydroxyl groups is 1. The van der Waals surface area contributed by atoms with Gasteiger partial charge in [-0.05, 0) is 20.8 Å². The third kappa shape index (κ3) is 3.69. The maximum atomic E-state index is 9.37. The molecule has 0 amide bonds. The molecule has 1 rings (SSSR count). The molecule has 0 saturated heterocycles. The highest BCUT2D eigenvalue weighted by molar-refractivity contribution is 5.43. The molecule has 0 aliphatic heterocycles. The molecular formula is C11H22N6O. The number of nitrogens with two attached hydrogens (primary N) is 1. The van der Waals surface area contributed by atoms with Crippen molar-refractivity contribution >= 4 is 17.8 Å². The van der Waals surface area contributed by atoms with E-state index < -0.39 is 6.10 Å². The first-order valence-electron chi connectivity index (χ1n) is 6.13. The van der Waals surface area contributed by atoms with E-state index >= 15 is 0 Å². The molecular weight excluding hydrogens is 232 g/mol. The van der Waals surface area contributed by atoms with Crippen LogP contribution in [0.15, 0.2) is 0 Å². The molecule has 3 N–H and O–H groups in total. The van der Waals surface area contributed by atoms with Gasteiger partial charge in [0.25, 0.3) is 0 Å². The fourth-order valence-electron chi connectivity index (χ4n) is 1.67. The zero-order valence-corrected chi connectivity index (χ0v) is 11.5. The molecule has 0 saturated carbocycles. The third-order valence-electron chi connectivity index (χ3n) is 2.55. The maximum absolute atomic E-state index is 9.37. The van der Waals surface area contributed by atoms with Crippen LogP contribution in [0.4, 0.5) is 17.8 Å². The largest absolute Gasteiger partial charge is 0.392 e. The Morgan fingerprint density at radius 2 is 1.72 bits per heavy atom. The lowest BCUT2D eigenvalue weighted by atomic mass is 10.4. The molecule has 7 heteroatoms. The molecule has 1 aromatic heterocycles. The highest BCUT2D eigenvalue weighted by atomic mass is 16.3. The van der Waals surface area contributed by atoms with Gasteiger partial charge >= 0.3 is 0 Å². The molecule has 1 atom stereocenters. The Morgan fingerprint density at radius 1 is 1.17 bits per heavy atom. The third-order valence-corrected chi connectivity index (χ3v) is 2.55. The minimum absolute atomic E-state index is 0.194. The van der Waals surface area contributed by atoms with Crippen LogP contribution in [0, 0.1) is 0 Å². The Bertz CT molecular complexity index is 380. The number of aliphatic hydroxyl groups excluding tert-OH is 1. The molecule has 1 unspecified atom stereocenters. The molecule has 0 aliphatic rings. The second-order valence-electron chi connectivity index (χ2n) is 4.20. The molecule has 0 aliphatic carbocycles. The topological polar surface area (TPSA) is 91.4 Å². The first kappa shape index (κ1) is 14.4. The number of anilines is 3. The van der Waals surface area contributed by atoms with Gasteiger partial charge in [-0.3, -0.25) is 0 Å². The second kappa shape index (κ2) is 6.34. The molecule has 1 heterocycles. The van der Waals surface area contributed by atoms with E-state index in [9.17, 15) is 5.11 Å². The van der Waals surface area contributed by atoms with Gasteiger partial charge in [0.2, 0.25) is 17.8 Å². The van der Waals surface area contributed by atoms with Crippen molar-refractivity contribution in [1.82, 2.24) is 15.0 Å². The van der Waals surface area contributed by atoms with Crippen LogP contribution in [0.25, 0.3) is 0 Å². The first-order chi connectivity index (χ1) is 8.47. The van der Waals surface area contributed by atoms with Crippen molar-refractivity contribution in [3.63, 3.8) is 0 Å². The fourth-order valence-corrected chi connectivity index (χ4v) is 1.67. The van der Waals surface area contributed by atoms with Gasteiger partial charge in [-0.1, -0.05) is 0 Å². The predicted octanol–water partition coefficient (Wildman–Crippen LogP) is 0.117. The molecule has 0 spiro atoms. The zero-order valence-electron chi connectivity index (χ0n) is 11.5. The Labute approximate surface area is 108 Å². The van der Waals surface area contributed by atoms with Crippen LogP contribution in [-0.4, -0.2) is 52.8 Å². The van der Waals surface area contributed by atoms with Gasteiger partial charge in [-0.25, -0.2) is 0 Å². The van der Waals surface area contributed by atoms with E-state index in [0.717, 1.165) is 13.1 Å². The van der Waals surface area contributed by atoms with E-state index in [1.165, 1.54) is 0 Å². The number of nitrogen functional groups attached to an aromatic ring is 1. The van der Waals surface area contributed by atoms with Crippen LogP contribution in [-0.2, 0) is 0 Å². The zero-order chi connectivity index (χ0) is 13.7. The van der Waals surface area contributed by atoms with Crippen LogP contribution >= 0.6 is 0 Å². The maximum Gasteiger partial charge on any atom is 0.231 e. The quantitative estimate of drug-likeness (QED) is 0.744. The second-order valence-corrected chi connectivity index (χ2v) is 4.20. The summed E-state index contributed by atoms with van der Waals surface area (Å²) in [4.78, 5) is 16.3. The molecule has 0 bridgehead atoms. The highest BCUT2D eigenvalue weighted by Gasteiger charge is 2.13. The Hall–Kier alpha value is -1.63. The first-order valence-corrected chi connectivity index (χ1v) is 6.13. The van der Waals surface area contributed by atoms with Crippen molar-refractivity contribution < 1.29 is 5.11 Å². The van der Waals surface area contributed by atoms with Crippen LogP contribution in [0.5, 0.6) is 0 Å². The number of hydrogen-bond acceptors (Lipinski definition) is 7. The number of hydrogen-bond donors (Lipinski definition) is 2. The minimum Gasteiger partial charge on any atom is -0.392 e. The highest BCUT2D eigenvalue weighted by Crippen LogP contribution is 2.14. The summed E-state index contributed by atoms with van der Waals surface area (Å²) in [5.74, 6) is 1.24. The summed E-state index contributed by atoms with van der Waals surface area (Å²) >= 11 is 0. The summed E-state index contributed by atoms with van der Waals surface area (Å²) in [6.45, 7) is 7.83. The van der Waals surface area contributed by atoms with E-state index in [-0.39, 0.29) is 5.95 Å². The van der Waals surface area contributed by atoms with Gasteiger partial charge in [0.05, 0.1) is 6.10 Å². The summed E-state index contributed by atoms with van der Waals surface area (Å²) in [6.07, 6.45) is -0.454. The van der Waals surface area contributed by atoms with Crippen molar-refractivity contribution in [2.45, 2.75) is 26.9 Å². The van der Waals surface area contributed by atoms with Crippen LogP contribution in [0.2, 0.25) is 0 Å². The number of rotatable bonds is 6. The van der Waals surface area contributed by atoms with Gasteiger partial charge in [0, 0.05) is 26.7 Å². The molecule has 1 aromatic rings. The van der Waals surface area contributed by atoms with E-state index in [4.69, 9.17) is 5.73 Å². The minimum atomic E-state index is -0.454. The SMILES string of the molecule is CCN(CC)c1nc(N)nc(N(C)CC(C)O)n1. The molecule has 7 nitrogen and oxygen atoms in total. The Morgan fingerprint density at radius 3 is 2.22 bits per heavy atom. The summed E-state index contributed by atoms with van der Waals surface area (Å²) in [5.41, 5.74) is 5.70. The lowest BCUT2D eigenvalue weighted by Crippen LogP contribution is -2.31. The summed E-state index contributed by atoms with van der Waals surface area (Å²) in [6, 6.07) is 0. The normalized spacial score (nSPS) is 12.3. The number of aromatic nitrogens is 3. The molecule has 102 valence electrons. The lowest BCUT2D eigenvalue weighted by molar-refractivity contribution is 0.201. The van der Waals surface area contributed by atoms with E-state index in [0.29, 0.717) is 18.4 Å². The molecule has 0 aromatic carbocycles. The van der Waals surface area contributed by atoms with Gasteiger partial charge in [-0.2, -0.15) is 15.0 Å². The average molecular weight is 254 g/mol. The van der Waals surface area contributed by atoms with Crippen molar-refractivity contribution in [2.75, 3.05) is 42.2 Å². The monoisotopic (exact) mass is 254 g/mol. The van der Waals surface area contributed by atoms with Gasteiger partial charge < -0.3 is 20.6 Å². The summed E-state index contributed by atoms with van der Waals surface area (Å²) in [5, 5.41) is 9.37. The fraction of sp³-hybridized carbons (Fsp3) is 0.727. The standard InChI is InChI=1S/C11H22N6O/c1-5-17(6-2)11-14-9(12)13-10(15-11)16(4)7-8(3)18/h8,18H,5-7H2,1-4H3,(H2,12,13,14,15). The predicted molar refractivity (Wildman–Crippen MR) is 72.8 cm³/mol. The number of nitrogens with zero attached hydrogens (tertiary/aromatic N) is 5. The van der Waals surface area contributed by atoms with Crippen molar-refractivity contribution in [3.05, 3.63) is 0 Å². The average Bonchev–Trinajstić information content (AvgIpc) is 2.29. The van der Waals surface area contributed by atoms with Gasteiger partial charge in [0.1, 0.15) is 0 Å². The summed E-state index contributed by atoms with van der Waals surface area (Å²) in [7, 11) is 1.81. The van der Waals surface area contributed by atoms with E-state index in [1.54, 1.807) is 11.8 Å². The molecule has 18 heavy (non-hydrogen) atoms. The van der Waals surface area contributed by atoms with Gasteiger partial charge in [0.15, 0.2) is 0 Å². The molecule has 0 fully saturated rings. The van der Waals surface area contributed by atoms with Crippen LogP contribution in [0.3, 0.4) is 0 Å². The van der Waals surface area contributed by atoms with Crippen LogP contribution < -0.4 is 15.5 Å². The van der Waals surface area contributed by atoms with Gasteiger partial charge in [-0.15, -0.1) is 0 Å². The van der Waals surface area contributed by atoms with Crippen molar-refractivity contribution in [3.8, 4) is 0 Å². The Kier molecular flexibility index (Phi) is 5.08. The van der Waals surface area contributed by atoms with Crippen molar-refractivity contribution in [1.29, 1.82) is 0 Å². The molecule has 0 radical (unpaired) electrons. The Balaban J connectivity index is 2.99. The smallest absolute Gasteiger partial charge is 0.231 e. The number of likely N-dealkylation sites (N-methyl/N-ethyl adjacent to an activating group) is 1. The summed E-state index contributed by atoms with van der Waals surface area (Å²) < 4.78 is 0. The van der Waals surface area contributed by atoms with Crippen LogP contribution in [0.1, 0.15) is 20.8 Å². The lowest BCUT2D eigenvalue weighted by Gasteiger charge is -2.22.